The first-order chi connectivity index (χ1) is 8.53. The summed E-state index contributed by atoms with van der Waals surface area (Å²) in [7, 11) is 0. The van der Waals surface area contributed by atoms with Gasteiger partial charge in [-0.1, -0.05) is 20.8 Å². The zero-order chi connectivity index (χ0) is 14.6. The van der Waals surface area contributed by atoms with E-state index in [-0.39, 0.29) is 16.5 Å². The molecule has 0 aliphatic rings. The van der Waals surface area contributed by atoms with Gasteiger partial charge in [0.15, 0.2) is 5.65 Å². The van der Waals surface area contributed by atoms with E-state index in [9.17, 15) is 4.79 Å². The van der Waals surface area contributed by atoms with Crippen molar-refractivity contribution in [3.05, 3.63) is 27.8 Å². The van der Waals surface area contributed by atoms with Crippen LogP contribution in [0.15, 0.2) is 11.0 Å². The highest BCUT2D eigenvalue weighted by Gasteiger charge is 2.27. The molecule has 0 fully saturated rings. The molecule has 0 aliphatic carbocycles. The lowest BCUT2D eigenvalue weighted by Gasteiger charge is -2.26. The second kappa shape index (κ2) is 3.92. The first kappa shape index (κ1) is 13.8. The molecular weight excluding hydrogens is 240 g/mol. The molecule has 2 aromatic rings. The molecule has 0 saturated heterocycles. The van der Waals surface area contributed by atoms with E-state index in [0.29, 0.717) is 5.69 Å². The van der Waals surface area contributed by atoms with Crippen LogP contribution >= 0.6 is 0 Å². The van der Waals surface area contributed by atoms with E-state index in [1.807, 2.05) is 32.4 Å². The molecule has 0 N–H and O–H groups in total. The maximum Gasteiger partial charge on any atom is 0.296 e. The number of aromatic nitrogens is 4. The summed E-state index contributed by atoms with van der Waals surface area (Å²) in [4.78, 5) is 12.5. The Kier molecular flexibility index (Phi) is 2.84. The first-order valence-electron chi connectivity index (χ1n) is 6.52. The second-order valence-electron chi connectivity index (χ2n) is 7.05. The van der Waals surface area contributed by atoms with Gasteiger partial charge in [-0.15, -0.1) is 0 Å². The largest absolute Gasteiger partial charge is 0.296 e. The molecule has 0 amide bonds. The quantitative estimate of drug-likeness (QED) is 0.731. The summed E-state index contributed by atoms with van der Waals surface area (Å²) < 4.78 is 3.37. The summed E-state index contributed by atoms with van der Waals surface area (Å²) in [5.74, 6) is 0. The van der Waals surface area contributed by atoms with E-state index >= 15 is 0 Å². The first-order valence-corrected chi connectivity index (χ1v) is 6.52. The van der Waals surface area contributed by atoms with Crippen molar-refractivity contribution in [1.82, 2.24) is 19.4 Å². The average molecular weight is 262 g/mol. The molecule has 2 aromatic heterocycles. The van der Waals surface area contributed by atoms with Crippen molar-refractivity contribution in [1.29, 1.82) is 0 Å². The average Bonchev–Trinajstić information content (AvgIpc) is 2.58. The molecule has 2 rings (SSSR count). The Hall–Kier alpha value is -1.65. The summed E-state index contributed by atoms with van der Waals surface area (Å²) in [5.41, 5.74) is 1.62. The summed E-state index contributed by atoms with van der Waals surface area (Å²) in [5, 5.41) is 8.83. The number of aryl methyl sites for hydroxylation is 1. The van der Waals surface area contributed by atoms with Crippen LogP contribution in [0.1, 0.15) is 52.8 Å². The molecule has 5 heteroatoms. The lowest BCUT2D eigenvalue weighted by atomic mass is 9.92. The van der Waals surface area contributed by atoms with Gasteiger partial charge in [0, 0.05) is 11.0 Å². The molecule has 0 atom stereocenters. The normalized spacial score (nSPS) is 13.2. The maximum atomic E-state index is 12.5. The molecule has 104 valence electrons. The highest BCUT2D eigenvalue weighted by atomic mass is 16.1. The Morgan fingerprint density at radius 3 is 2.16 bits per heavy atom. The van der Waals surface area contributed by atoms with E-state index < -0.39 is 0 Å². The van der Waals surface area contributed by atoms with Crippen molar-refractivity contribution in [3.63, 3.8) is 0 Å². The highest BCUT2D eigenvalue weighted by molar-refractivity contribution is 5.46. The summed E-state index contributed by atoms with van der Waals surface area (Å²) in [6, 6.07) is 0. The van der Waals surface area contributed by atoms with Gasteiger partial charge in [0.25, 0.3) is 5.56 Å². The predicted octanol–water partition coefficient (Wildman–Crippen LogP) is 2.25. The van der Waals surface area contributed by atoms with Gasteiger partial charge in [-0.05, 0) is 27.7 Å². The van der Waals surface area contributed by atoms with Crippen molar-refractivity contribution in [2.24, 2.45) is 0 Å². The Morgan fingerprint density at radius 2 is 1.68 bits per heavy atom. The summed E-state index contributed by atoms with van der Waals surface area (Å²) in [6.07, 6.45) is 1.72. The number of hydrogen-bond acceptors (Lipinski definition) is 3. The van der Waals surface area contributed by atoms with Gasteiger partial charge in [0.05, 0.1) is 11.7 Å². The topological polar surface area (TPSA) is 52.2 Å². The fraction of sp³-hybridized carbons (Fsp3) is 0.643. The fourth-order valence-electron chi connectivity index (χ4n) is 2.06. The van der Waals surface area contributed by atoms with Gasteiger partial charge in [0.2, 0.25) is 0 Å². The third-order valence-corrected chi connectivity index (χ3v) is 3.06. The van der Waals surface area contributed by atoms with Crippen LogP contribution in [0.2, 0.25) is 0 Å². The number of rotatable bonds is 0. The maximum absolute atomic E-state index is 12.5. The minimum atomic E-state index is -0.307. The van der Waals surface area contributed by atoms with Crippen LogP contribution in [0, 0.1) is 6.92 Å². The fourth-order valence-corrected chi connectivity index (χ4v) is 2.06. The minimum absolute atomic E-state index is 0.129. The van der Waals surface area contributed by atoms with Crippen molar-refractivity contribution in [2.75, 3.05) is 0 Å². The molecule has 0 unspecified atom stereocenters. The van der Waals surface area contributed by atoms with Gasteiger partial charge in [-0.25, -0.2) is 4.68 Å². The molecule has 0 aliphatic heterocycles. The standard InChI is InChI=1S/C14H22N4O/c1-9-8-15-17-11(9)18(14(5,6)7)16-10(12(17)19)13(2,3)4/h8H,1-7H3. The monoisotopic (exact) mass is 262 g/mol. The summed E-state index contributed by atoms with van der Waals surface area (Å²) in [6.45, 7) is 14.1. The molecule has 0 bridgehead atoms. The van der Waals surface area contributed by atoms with Crippen LogP contribution in [-0.4, -0.2) is 19.4 Å². The predicted molar refractivity (Wildman–Crippen MR) is 75.7 cm³/mol. The number of fused-ring (bicyclic) bond motifs is 1. The van der Waals surface area contributed by atoms with Crippen LogP contribution in [0.5, 0.6) is 0 Å². The van der Waals surface area contributed by atoms with Gasteiger partial charge in [0.1, 0.15) is 5.69 Å². The second-order valence-corrected chi connectivity index (χ2v) is 7.05. The van der Waals surface area contributed by atoms with Gasteiger partial charge < -0.3 is 0 Å². The lowest BCUT2D eigenvalue weighted by molar-refractivity contribution is 0.341. The van der Waals surface area contributed by atoms with Crippen molar-refractivity contribution >= 4 is 5.65 Å². The van der Waals surface area contributed by atoms with E-state index in [2.05, 4.69) is 31.0 Å². The third-order valence-electron chi connectivity index (χ3n) is 3.06. The molecule has 0 saturated carbocycles. The molecule has 19 heavy (non-hydrogen) atoms. The SMILES string of the molecule is Cc1cnn2c(=O)c(C(C)(C)C)nn(C(C)(C)C)c12. The third kappa shape index (κ3) is 2.17. The molecule has 5 nitrogen and oxygen atoms in total. The number of nitrogens with zero attached hydrogens (tertiary/aromatic N) is 4. The van der Waals surface area contributed by atoms with Crippen LogP contribution in [0.4, 0.5) is 0 Å². The highest BCUT2D eigenvalue weighted by Crippen LogP contribution is 2.22. The zero-order valence-electron chi connectivity index (χ0n) is 12.8. The van der Waals surface area contributed by atoms with Crippen LogP contribution < -0.4 is 5.56 Å². The van der Waals surface area contributed by atoms with Crippen LogP contribution in [-0.2, 0) is 11.0 Å². The zero-order valence-corrected chi connectivity index (χ0v) is 12.8. The van der Waals surface area contributed by atoms with E-state index in [4.69, 9.17) is 0 Å². The van der Waals surface area contributed by atoms with E-state index in [1.54, 1.807) is 6.20 Å². The van der Waals surface area contributed by atoms with Gasteiger partial charge in [-0.3, -0.25) is 4.79 Å². The van der Waals surface area contributed by atoms with Crippen LogP contribution in [0.3, 0.4) is 0 Å². The summed E-state index contributed by atoms with van der Waals surface area (Å²) >= 11 is 0. The van der Waals surface area contributed by atoms with Gasteiger partial charge in [-0.2, -0.15) is 14.7 Å². The smallest absolute Gasteiger partial charge is 0.265 e. The Labute approximate surface area is 113 Å². The van der Waals surface area contributed by atoms with Crippen molar-refractivity contribution < 1.29 is 0 Å². The molecular formula is C14H22N4O. The van der Waals surface area contributed by atoms with Gasteiger partial charge >= 0.3 is 0 Å². The Bertz CT molecular complexity index is 680. The molecule has 0 spiro atoms. The lowest BCUT2D eigenvalue weighted by Crippen LogP contribution is -2.37. The molecule has 2 heterocycles. The molecule has 0 radical (unpaired) electrons. The van der Waals surface area contributed by atoms with E-state index in [1.165, 1.54) is 4.52 Å². The minimum Gasteiger partial charge on any atom is -0.265 e. The molecule has 0 aromatic carbocycles. The number of hydrogen-bond donors (Lipinski definition) is 0. The van der Waals surface area contributed by atoms with Crippen LogP contribution in [0.25, 0.3) is 5.65 Å². The van der Waals surface area contributed by atoms with E-state index in [0.717, 1.165) is 11.2 Å². The Balaban J connectivity index is 2.99. The van der Waals surface area contributed by atoms with Crippen molar-refractivity contribution in [2.45, 2.75) is 59.4 Å². The Morgan fingerprint density at radius 1 is 1.11 bits per heavy atom. The van der Waals surface area contributed by atoms with Crippen molar-refractivity contribution in [3.8, 4) is 0 Å².